The van der Waals surface area contributed by atoms with E-state index in [4.69, 9.17) is 32.7 Å². The molecule has 4 amide bonds. The Hall–Kier alpha value is -5.75. The summed E-state index contributed by atoms with van der Waals surface area (Å²) in [5.41, 5.74) is 1.66. The molecule has 0 saturated heterocycles. The molecule has 6 aromatic rings. The minimum atomic E-state index is -4.36. The van der Waals surface area contributed by atoms with Gasteiger partial charge < -0.3 is 37.8 Å². The van der Waals surface area contributed by atoms with Crippen molar-refractivity contribution in [3.63, 3.8) is 0 Å². The number of pyridine rings is 2. The van der Waals surface area contributed by atoms with Gasteiger partial charge in [0.15, 0.2) is 5.75 Å². The van der Waals surface area contributed by atoms with Gasteiger partial charge in [-0.15, -0.1) is 15.3 Å². The van der Waals surface area contributed by atoms with E-state index in [0.29, 0.717) is 22.0 Å². The lowest BCUT2D eigenvalue weighted by atomic mass is 10.0. The Morgan fingerprint density at radius 3 is 1.37 bits per heavy atom. The topological polar surface area (TPSA) is 242 Å². The molecule has 4 aromatic carbocycles. The van der Waals surface area contributed by atoms with Crippen LogP contribution in [-0.4, -0.2) is 113 Å². The van der Waals surface area contributed by atoms with Gasteiger partial charge in [-0.1, -0.05) is 85.4 Å². The van der Waals surface area contributed by atoms with Crippen molar-refractivity contribution >= 4 is 90.9 Å². The van der Waals surface area contributed by atoms with E-state index in [-0.39, 0.29) is 92.9 Å². The molecule has 0 spiro atoms. The second kappa shape index (κ2) is 25.4. The van der Waals surface area contributed by atoms with E-state index in [1.807, 2.05) is 0 Å². The summed E-state index contributed by atoms with van der Waals surface area (Å²) >= 11 is 3.51. The zero-order chi connectivity index (χ0) is 58.5. The van der Waals surface area contributed by atoms with Gasteiger partial charge in [0.1, 0.15) is 52.2 Å². The van der Waals surface area contributed by atoms with Crippen LogP contribution in [0.4, 0.5) is 8.78 Å². The van der Waals surface area contributed by atoms with Crippen molar-refractivity contribution in [3.8, 4) is 23.0 Å². The minimum absolute atomic E-state index is 0.0113. The predicted molar refractivity (Wildman–Crippen MR) is 305 cm³/mol. The molecule has 2 aliphatic rings. The number of amides is 4. The first-order valence-corrected chi connectivity index (χ1v) is 36.6. The molecule has 0 radical (unpaired) electrons. The standard InChI is InChI=1S/C31H40FN2O7PSi.C20H16FN2O7P.C3H9BrSi/c1-19(2)43(20(3)4,21(5)6)41-29-26-25(30(35)34(31(26)36)18-22-11-13-23(32)14-12-22)28(24-10-9-15-33-27(24)29)40-16-17-42(37,38-7)39-8;21-12-5-3-11(4-6-12)10-23-19(25)14-15(20(23)26)18(30-8-9-31(27,28)29)13-2-1-7-22-16(13)17(14)24;1-5(2,3)4/h9-15,19-21H,16-18H2,1-8H3;1-7,24H,8-10H2,(H2,27,28,29);1-3H3. The minimum Gasteiger partial charge on any atom is -0.541 e. The van der Waals surface area contributed by atoms with E-state index in [2.05, 4.69) is 86.4 Å². The van der Waals surface area contributed by atoms with Gasteiger partial charge in [-0.05, 0) is 76.3 Å². The molecule has 79 heavy (non-hydrogen) atoms. The van der Waals surface area contributed by atoms with Crippen molar-refractivity contribution in [1.29, 1.82) is 0 Å². The monoisotopic (exact) mass is 1230 g/mol. The van der Waals surface area contributed by atoms with Crippen LogP contribution in [-0.2, 0) is 31.3 Å². The first-order chi connectivity index (χ1) is 37.0. The molecule has 424 valence electrons. The Morgan fingerprint density at radius 1 is 0.595 bits per heavy atom. The highest BCUT2D eigenvalue weighted by molar-refractivity contribution is 9.26. The van der Waals surface area contributed by atoms with Gasteiger partial charge in [0.2, 0.25) is 0 Å². The van der Waals surface area contributed by atoms with Crippen LogP contribution in [0, 0.1) is 11.6 Å². The zero-order valence-electron chi connectivity index (χ0n) is 45.7. The number of imide groups is 2. The van der Waals surface area contributed by atoms with Crippen molar-refractivity contribution in [2.45, 2.75) is 90.9 Å². The number of carbonyl (C=O) groups is 4. The molecule has 0 unspecified atom stereocenters. The number of hydrogen-bond acceptors (Lipinski definition) is 14. The smallest absolute Gasteiger partial charge is 0.333 e. The molecule has 4 heterocycles. The maximum Gasteiger partial charge on any atom is 0.333 e. The van der Waals surface area contributed by atoms with Crippen LogP contribution < -0.4 is 13.9 Å². The number of ether oxygens (including phenoxy) is 2. The van der Waals surface area contributed by atoms with Crippen molar-refractivity contribution in [2.24, 2.45) is 0 Å². The SMILES string of the molecule is COP(=O)(CCOc1c2c(c(O[Si](C(C)C)(C(C)C)C(C)C)c3ncccc13)C(=O)N(Cc1ccc(F)cc1)C2=O)OC.C[Si](C)(C)Br.O=C1c2c(c(O)c3ncccc3c2OCCP(=O)(O)O)C(=O)N1Cc1ccc(F)cc1. The number of carbonyl (C=O) groups excluding carboxylic acids is 4. The number of phenols is 1. The van der Waals surface area contributed by atoms with Crippen LogP contribution >= 0.6 is 30.5 Å². The summed E-state index contributed by atoms with van der Waals surface area (Å²) in [6, 6.07) is 17.4. The highest BCUT2D eigenvalue weighted by Gasteiger charge is 2.51. The fourth-order valence-electron chi connectivity index (χ4n) is 9.60. The number of benzene rings is 4. The zero-order valence-corrected chi connectivity index (χ0v) is 51.1. The van der Waals surface area contributed by atoms with E-state index in [9.17, 15) is 42.2 Å². The number of halogens is 3. The van der Waals surface area contributed by atoms with Gasteiger partial charge in [-0.3, -0.25) is 48.1 Å². The van der Waals surface area contributed by atoms with E-state index in [1.165, 1.54) is 81.1 Å². The van der Waals surface area contributed by atoms with Gasteiger partial charge in [0, 0.05) is 37.4 Å². The number of rotatable bonds is 19. The van der Waals surface area contributed by atoms with E-state index in [1.54, 1.807) is 18.3 Å². The van der Waals surface area contributed by atoms with Crippen LogP contribution in [0.3, 0.4) is 0 Å². The maximum absolute atomic E-state index is 14.2. The van der Waals surface area contributed by atoms with Crippen LogP contribution in [0.2, 0.25) is 36.3 Å². The van der Waals surface area contributed by atoms with Crippen LogP contribution in [0.25, 0.3) is 21.8 Å². The summed E-state index contributed by atoms with van der Waals surface area (Å²) in [6.45, 7) is 18.0. The average molecular weight is 1230 g/mol. The molecule has 0 atom stereocenters. The summed E-state index contributed by atoms with van der Waals surface area (Å²) in [5.74, 6) is -3.70. The molecule has 0 bridgehead atoms. The fraction of sp³-hybridized carbons (Fsp3) is 0.370. The molecule has 2 aliphatic heterocycles. The van der Waals surface area contributed by atoms with Gasteiger partial charge in [-0.25, -0.2) is 8.78 Å². The third-order valence-corrected chi connectivity index (χ3v) is 21.7. The van der Waals surface area contributed by atoms with Gasteiger partial charge in [0.25, 0.3) is 31.9 Å². The molecule has 18 nitrogen and oxygen atoms in total. The first-order valence-electron chi connectivity index (χ1n) is 25.2. The molecular weight excluding hydrogens is 1160 g/mol. The van der Waals surface area contributed by atoms with Crippen LogP contribution in [0.1, 0.15) is 94.1 Å². The Kier molecular flexibility index (Phi) is 20.1. The first kappa shape index (κ1) is 62.5. The van der Waals surface area contributed by atoms with Crippen molar-refractivity contribution in [1.82, 2.24) is 19.8 Å². The lowest BCUT2D eigenvalue weighted by Crippen LogP contribution is -2.51. The molecule has 0 aliphatic carbocycles. The maximum atomic E-state index is 14.2. The van der Waals surface area contributed by atoms with Crippen molar-refractivity contribution in [3.05, 3.63) is 130 Å². The predicted octanol–water partition coefficient (Wildman–Crippen LogP) is 12.2. The number of nitrogens with zero attached hydrogens (tertiary/aromatic N) is 4. The van der Waals surface area contributed by atoms with E-state index < -0.39 is 84.0 Å². The number of hydrogen-bond donors (Lipinski definition) is 3. The third-order valence-electron chi connectivity index (χ3n) is 13.1. The van der Waals surface area contributed by atoms with E-state index in [0.717, 1.165) is 9.80 Å². The van der Waals surface area contributed by atoms with Gasteiger partial charge in [-0.2, -0.15) is 0 Å². The quantitative estimate of drug-likeness (QED) is 0.0295. The molecule has 0 saturated carbocycles. The number of aromatic hydroxyl groups is 1. The van der Waals surface area contributed by atoms with Crippen LogP contribution in [0.5, 0.6) is 23.0 Å². The number of aromatic nitrogens is 2. The summed E-state index contributed by atoms with van der Waals surface area (Å²) in [7, 11) is -7.83. The molecule has 25 heteroatoms. The summed E-state index contributed by atoms with van der Waals surface area (Å²) in [5, 5.41) is 11.4. The Labute approximate surface area is 467 Å². The third kappa shape index (κ3) is 14.1. The van der Waals surface area contributed by atoms with Crippen molar-refractivity contribution < 1.29 is 74.9 Å². The van der Waals surface area contributed by atoms with Gasteiger partial charge >= 0.3 is 15.2 Å². The normalized spacial score (nSPS) is 13.8. The Bertz CT molecular complexity index is 3330. The Balaban J connectivity index is 0.000000245. The van der Waals surface area contributed by atoms with E-state index >= 15 is 0 Å². The van der Waals surface area contributed by atoms with Crippen LogP contribution in [0.15, 0.2) is 85.2 Å². The highest BCUT2D eigenvalue weighted by atomic mass is 79.9. The second-order valence-corrected chi connectivity index (χ2v) is 41.4. The molecular formula is C54H65BrF2N4O14P2Si2. The second-order valence-electron chi connectivity index (χ2n) is 20.6. The van der Waals surface area contributed by atoms with Crippen molar-refractivity contribution in [2.75, 3.05) is 39.8 Å². The molecule has 2 aromatic heterocycles. The summed E-state index contributed by atoms with van der Waals surface area (Å²) in [6.07, 6.45) is 2.30. The Morgan fingerprint density at radius 2 is 0.962 bits per heavy atom. The molecule has 0 fully saturated rings. The fourth-order valence-corrected chi connectivity index (χ4v) is 16.0. The molecule has 8 rings (SSSR count). The highest BCUT2D eigenvalue weighted by Crippen LogP contribution is 2.51. The summed E-state index contributed by atoms with van der Waals surface area (Å²) < 4.78 is 79.6. The summed E-state index contributed by atoms with van der Waals surface area (Å²) in [4.78, 5) is 83.3. The lowest BCUT2D eigenvalue weighted by molar-refractivity contribution is 0.0625. The lowest BCUT2D eigenvalue weighted by Gasteiger charge is -2.42. The molecule has 3 N–H and O–H groups in total. The number of fused-ring (bicyclic) bond motifs is 4. The number of phenolic OH excluding ortho intramolecular Hbond substituents is 1. The van der Waals surface area contributed by atoms with Gasteiger partial charge in [0.05, 0.1) is 55.3 Å². The largest absolute Gasteiger partial charge is 0.541 e. The average Bonchev–Trinajstić information content (AvgIpc) is 3.93.